The van der Waals surface area contributed by atoms with Crippen LogP contribution in [0.3, 0.4) is 0 Å². The number of hydrogen-bond donors (Lipinski definition) is 1. The molecule has 0 spiro atoms. The van der Waals surface area contributed by atoms with Crippen molar-refractivity contribution >= 4 is 23.4 Å². The highest BCUT2D eigenvalue weighted by molar-refractivity contribution is 6.30. The molecular weight excluding hydrogens is 400 g/mol. The SMILES string of the molecule is CC[C@H](C)NC(=O)[C@@H](C)N(Cc1ccc(Cl)cc1)C(=O)COc1ccc(C)c(C)c1. The molecule has 0 aliphatic heterocycles. The van der Waals surface area contributed by atoms with Crippen LogP contribution in [0, 0.1) is 13.8 Å². The Morgan fingerprint density at radius 1 is 1.07 bits per heavy atom. The van der Waals surface area contributed by atoms with Gasteiger partial charge in [-0.2, -0.15) is 0 Å². The molecule has 0 bridgehead atoms. The van der Waals surface area contributed by atoms with Crippen LogP contribution in [0.25, 0.3) is 0 Å². The van der Waals surface area contributed by atoms with Gasteiger partial charge in [0.05, 0.1) is 0 Å². The first-order chi connectivity index (χ1) is 14.2. The molecular formula is C24H31ClN2O3. The Labute approximate surface area is 184 Å². The lowest BCUT2D eigenvalue weighted by Crippen LogP contribution is -2.50. The number of aryl methyl sites for hydroxylation is 2. The summed E-state index contributed by atoms with van der Waals surface area (Å²) in [5.74, 6) is 0.197. The van der Waals surface area contributed by atoms with Gasteiger partial charge >= 0.3 is 0 Å². The van der Waals surface area contributed by atoms with E-state index >= 15 is 0 Å². The second-order valence-corrected chi connectivity index (χ2v) is 8.11. The molecule has 2 rings (SSSR count). The molecule has 0 fully saturated rings. The Kier molecular flexibility index (Phi) is 8.72. The van der Waals surface area contributed by atoms with E-state index in [1.807, 2.05) is 58.0 Å². The van der Waals surface area contributed by atoms with Crippen molar-refractivity contribution in [1.82, 2.24) is 10.2 Å². The molecule has 0 unspecified atom stereocenters. The van der Waals surface area contributed by atoms with Gasteiger partial charge in [-0.1, -0.05) is 36.7 Å². The summed E-state index contributed by atoms with van der Waals surface area (Å²) in [7, 11) is 0. The fraction of sp³-hybridized carbons (Fsp3) is 0.417. The van der Waals surface area contributed by atoms with Crippen LogP contribution in [-0.2, 0) is 16.1 Å². The number of benzene rings is 2. The molecule has 0 heterocycles. The third kappa shape index (κ3) is 6.77. The molecule has 162 valence electrons. The summed E-state index contributed by atoms with van der Waals surface area (Å²) in [6, 6.07) is 12.4. The van der Waals surface area contributed by atoms with Gasteiger partial charge in [0.25, 0.3) is 5.91 Å². The Morgan fingerprint density at radius 2 is 1.73 bits per heavy atom. The zero-order valence-electron chi connectivity index (χ0n) is 18.4. The van der Waals surface area contributed by atoms with E-state index in [1.54, 1.807) is 24.0 Å². The summed E-state index contributed by atoms with van der Waals surface area (Å²) < 4.78 is 5.73. The maximum Gasteiger partial charge on any atom is 0.261 e. The van der Waals surface area contributed by atoms with Gasteiger partial charge in [0, 0.05) is 17.6 Å². The van der Waals surface area contributed by atoms with E-state index in [1.165, 1.54) is 0 Å². The van der Waals surface area contributed by atoms with Gasteiger partial charge in [-0.05, 0) is 75.1 Å². The van der Waals surface area contributed by atoms with Crippen LogP contribution < -0.4 is 10.1 Å². The maximum absolute atomic E-state index is 13.0. The standard InChI is InChI=1S/C24H31ClN2O3/c1-6-18(4)26-24(29)19(5)27(14-20-8-10-21(25)11-9-20)23(28)15-30-22-12-7-16(2)17(3)13-22/h7-13,18-19H,6,14-15H2,1-5H3,(H,26,29)/t18-,19+/m0/s1. The highest BCUT2D eigenvalue weighted by Gasteiger charge is 2.27. The third-order valence-corrected chi connectivity index (χ3v) is 5.53. The minimum atomic E-state index is -0.634. The van der Waals surface area contributed by atoms with Crippen molar-refractivity contribution < 1.29 is 14.3 Å². The molecule has 1 N–H and O–H groups in total. The second kappa shape index (κ2) is 11.0. The summed E-state index contributed by atoms with van der Waals surface area (Å²) in [6.45, 7) is 9.86. The minimum Gasteiger partial charge on any atom is -0.484 e. The van der Waals surface area contributed by atoms with E-state index in [9.17, 15) is 9.59 Å². The number of nitrogens with one attached hydrogen (secondary N) is 1. The molecule has 2 aromatic rings. The number of carbonyl (C=O) groups is 2. The van der Waals surface area contributed by atoms with Crippen molar-refractivity contribution in [2.24, 2.45) is 0 Å². The largest absolute Gasteiger partial charge is 0.484 e. The molecule has 0 aromatic heterocycles. The monoisotopic (exact) mass is 430 g/mol. The zero-order chi connectivity index (χ0) is 22.3. The molecule has 0 aliphatic carbocycles. The average Bonchev–Trinajstić information content (AvgIpc) is 2.73. The number of hydrogen-bond acceptors (Lipinski definition) is 3. The maximum atomic E-state index is 13.0. The molecule has 6 heteroatoms. The van der Waals surface area contributed by atoms with E-state index < -0.39 is 6.04 Å². The smallest absolute Gasteiger partial charge is 0.261 e. The molecule has 2 atom stereocenters. The molecule has 2 amide bonds. The second-order valence-electron chi connectivity index (χ2n) is 7.68. The summed E-state index contributed by atoms with van der Waals surface area (Å²) in [4.78, 5) is 27.3. The number of amides is 2. The van der Waals surface area contributed by atoms with Gasteiger partial charge in [0.1, 0.15) is 11.8 Å². The fourth-order valence-corrected chi connectivity index (χ4v) is 2.99. The number of halogens is 1. The molecule has 0 radical (unpaired) electrons. The van der Waals surface area contributed by atoms with Crippen LogP contribution in [-0.4, -0.2) is 35.4 Å². The molecule has 0 aliphatic rings. The number of nitrogens with zero attached hydrogens (tertiary/aromatic N) is 1. The predicted molar refractivity (Wildman–Crippen MR) is 121 cm³/mol. The number of rotatable bonds is 9. The lowest BCUT2D eigenvalue weighted by Gasteiger charge is -2.29. The molecule has 0 saturated carbocycles. The highest BCUT2D eigenvalue weighted by atomic mass is 35.5. The van der Waals surface area contributed by atoms with Crippen LogP contribution in [0.2, 0.25) is 5.02 Å². The first-order valence-corrected chi connectivity index (χ1v) is 10.6. The van der Waals surface area contributed by atoms with Gasteiger partial charge in [-0.3, -0.25) is 9.59 Å². The van der Waals surface area contributed by atoms with E-state index in [-0.39, 0.29) is 24.5 Å². The van der Waals surface area contributed by atoms with E-state index in [0.29, 0.717) is 17.3 Å². The van der Waals surface area contributed by atoms with Crippen molar-refractivity contribution in [3.05, 3.63) is 64.2 Å². The van der Waals surface area contributed by atoms with E-state index in [4.69, 9.17) is 16.3 Å². The van der Waals surface area contributed by atoms with E-state index in [2.05, 4.69) is 5.32 Å². The highest BCUT2D eigenvalue weighted by Crippen LogP contribution is 2.18. The van der Waals surface area contributed by atoms with Crippen LogP contribution in [0.1, 0.15) is 43.9 Å². The lowest BCUT2D eigenvalue weighted by molar-refractivity contribution is -0.142. The van der Waals surface area contributed by atoms with Gasteiger partial charge in [-0.15, -0.1) is 0 Å². The van der Waals surface area contributed by atoms with Crippen LogP contribution in [0.4, 0.5) is 0 Å². The third-order valence-electron chi connectivity index (χ3n) is 5.28. The Morgan fingerprint density at radius 3 is 2.33 bits per heavy atom. The zero-order valence-corrected chi connectivity index (χ0v) is 19.1. The predicted octanol–water partition coefficient (Wildman–Crippen LogP) is 4.67. The van der Waals surface area contributed by atoms with Crippen molar-refractivity contribution in [2.45, 2.75) is 59.7 Å². The van der Waals surface area contributed by atoms with Crippen molar-refractivity contribution in [1.29, 1.82) is 0 Å². The number of ether oxygens (including phenoxy) is 1. The van der Waals surface area contributed by atoms with Crippen LogP contribution >= 0.6 is 11.6 Å². The number of carbonyl (C=O) groups excluding carboxylic acids is 2. The summed E-state index contributed by atoms with van der Waals surface area (Å²) in [5, 5.41) is 3.57. The first-order valence-electron chi connectivity index (χ1n) is 10.3. The Hall–Kier alpha value is -2.53. The Bertz CT molecular complexity index is 867. The van der Waals surface area contributed by atoms with Crippen molar-refractivity contribution in [2.75, 3.05) is 6.61 Å². The fourth-order valence-electron chi connectivity index (χ4n) is 2.87. The van der Waals surface area contributed by atoms with Gasteiger partial charge in [0.15, 0.2) is 6.61 Å². The topological polar surface area (TPSA) is 58.6 Å². The van der Waals surface area contributed by atoms with Crippen LogP contribution in [0.15, 0.2) is 42.5 Å². The van der Waals surface area contributed by atoms with Gasteiger partial charge < -0.3 is 15.0 Å². The summed E-state index contributed by atoms with van der Waals surface area (Å²) in [6.07, 6.45) is 0.819. The molecule has 0 saturated heterocycles. The first kappa shape index (κ1) is 23.7. The molecule has 2 aromatic carbocycles. The normalized spacial score (nSPS) is 12.7. The van der Waals surface area contributed by atoms with Gasteiger partial charge in [0.2, 0.25) is 5.91 Å². The summed E-state index contributed by atoms with van der Waals surface area (Å²) >= 11 is 5.97. The Balaban J connectivity index is 2.15. The van der Waals surface area contributed by atoms with Crippen LogP contribution in [0.5, 0.6) is 5.75 Å². The summed E-state index contributed by atoms with van der Waals surface area (Å²) in [5.41, 5.74) is 3.15. The lowest BCUT2D eigenvalue weighted by atomic mass is 10.1. The van der Waals surface area contributed by atoms with Gasteiger partial charge in [-0.25, -0.2) is 0 Å². The van der Waals surface area contributed by atoms with E-state index in [0.717, 1.165) is 23.1 Å². The molecule has 5 nitrogen and oxygen atoms in total. The van der Waals surface area contributed by atoms with Crippen molar-refractivity contribution in [3.63, 3.8) is 0 Å². The minimum absolute atomic E-state index is 0.0409. The molecule has 30 heavy (non-hydrogen) atoms. The van der Waals surface area contributed by atoms with Crippen molar-refractivity contribution in [3.8, 4) is 5.75 Å². The quantitative estimate of drug-likeness (QED) is 0.629. The average molecular weight is 431 g/mol.